The Labute approximate surface area is 146 Å². The standard InChI is InChI=1S/C20H27O3P/c1-19(2,3)15-9-7-11-17(13-15)22-24(21)23-18-12-8-10-16(14-18)20(4,5)6/h7-14,24H,1-6H3. The van der Waals surface area contributed by atoms with Crippen LogP contribution in [0.1, 0.15) is 52.7 Å². The van der Waals surface area contributed by atoms with Crippen molar-refractivity contribution < 1.29 is 13.6 Å². The van der Waals surface area contributed by atoms with Crippen molar-refractivity contribution in [3.8, 4) is 11.5 Å². The number of hydrogen-bond acceptors (Lipinski definition) is 3. The van der Waals surface area contributed by atoms with Gasteiger partial charge in [-0.2, -0.15) is 0 Å². The first-order valence-electron chi connectivity index (χ1n) is 8.16. The van der Waals surface area contributed by atoms with Gasteiger partial charge in [0.05, 0.1) is 0 Å². The summed E-state index contributed by atoms with van der Waals surface area (Å²) in [6.07, 6.45) is 0. The summed E-state index contributed by atoms with van der Waals surface area (Å²) in [7, 11) is -2.67. The Morgan fingerprint density at radius 2 is 1.08 bits per heavy atom. The SMILES string of the molecule is CC(C)(C)c1cccc(O[PH](=O)Oc2cccc(C(C)(C)C)c2)c1. The Morgan fingerprint density at radius 3 is 1.42 bits per heavy atom. The smallest absolute Gasteiger partial charge is 0.418 e. The highest BCUT2D eigenvalue weighted by atomic mass is 31.1. The lowest BCUT2D eigenvalue weighted by molar-refractivity contribution is 0.414. The molecule has 0 atom stereocenters. The zero-order valence-electron chi connectivity index (χ0n) is 15.3. The van der Waals surface area contributed by atoms with E-state index in [0.29, 0.717) is 11.5 Å². The average Bonchev–Trinajstić information content (AvgIpc) is 2.46. The second kappa shape index (κ2) is 7.03. The van der Waals surface area contributed by atoms with Gasteiger partial charge in [-0.3, -0.25) is 0 Å². The molecule has 0 aliphatic rings. The van der Waals surface area contributed by atoms with Crippen molar-refractivity contribution in [3.05, 3.63) is 59.7 Å². The van der Waals surface area contributed by atoms with E-state index in [1.807, 2.05) is 36.4 Å². The van der Waals surface area contributed by atoms with E-state index >= 15 is 0 Å². The highest BCUT2D eigenvalue weighted by Gasteiger charge is 2.16. The molecule has 0 aliphatic heterocycles. The van der Waals surface area contributed by atoms with Crippen LogP contribution in [0.15, 0.2) is 48.5 Å². The zero-order chi connectivity index (χ0) is 18.0. The van der Waals surface area contributed by atoms with Gasteiger partial charge in [0, 0.05) is 0 Å². The van der Waals surface area contributed by atoms with E-state index in [0.717, 1.165) is 11.1 Å². The van der Waals surface area contributed by atoms with E-state index in [1.54, 1.807) is 12.1 Å². The van der Waals surface area contributed by atoms with Crippen LogP contribution in [0.2, 0.25) is 0 Å². The molecule has 0 saturated carbocycles. The third-order valence-corrected chi connectivity index (χ3v) is 4.61. The van der Waals surface area contributed by atoms with Crippen molar-refractivity contribution in [1.29, 1.82) is 0 Å². The summed E-state index contributed by atoms with van der Waals surface area (Å²) in [5.41, 5.74) is 2.28. The predicted octanol–water partition coefficient (Wildman–Crippen LogP) is 6.13. The fourth-order valence-corrected chi connectivity index (χ4v) is 2.95. The molecule has 0 unspecified atom stereocenters. The summed E-state index contributed by atoms with van der Waals surface area (Å²) in [4.78, 5) is 0. The third-order valence-electron chi connectivity index (χ3n) is 3.80. The predicted molar refractivity (Wildman–Crippen MR) is 101 cm³/mol. The van der Waals surface area contributed by atoms with E-state index < -0.39 is 8.25 Å². The minimum absolute atomic E-state index is 0.0110. The van der Waals surface area contributed by atoms with E-state index in [1.165, 1.54) is 0 Å². The van der Waals surface area contributed by atoms with Crippen LogP contribution in [-0.2, 0) is 15.4 Å². The Morgan fingerprint density at radius 1 is 0.708 bits per heavy atom. The van der Waals surface area contributed by atoms with Crippen molar-refractivity contribution in [2.45, 2.75) is 52.4 Å². The van der Waals surface area contributed by atoms with Gasteiger partial charge in [-0.15, -0.1) is 0 Å². The quantitative estimate of drug-likeness (QED) is 0.625. The minimum Gasteiger partial charge on any atom is -0.418 e. The molecular formula is C20H27O3P. The Balaban J connectivity index is 2.09. The molecule has 2 aromatic carbocycles. The molecule has 0 aliphatic carbocycles. The van der Waals surface area contributed by atoms with E-state index in [4.69, 9.17) is 9.05 Å². The second-order valence-corrected chi connectivity index (χ2v) is 8.92. The highest BCUT2D eigenvalue weighted by Crippen LogP contribution is 2.34. The van der Waals surface area contributed by atoms with Crippen molar-refractivity contribution >= 4 is 8.25 Å². The van der Waals surface area contributed by atoms with Crippen molar-refractivity contribution in [2.75, 3.05) is 0 Å². The molecule has 0 radical (unpaired) electrons. The van der Waals surface area contributed by atoms with Gasteiger partial charge in [-0.25, -0.2) is 4.57 Å². The van der Waals surface area contributed by atoms with E-state index in [2.05, 4.69) is 41.5 Å². The molecule has 0 fully saturated rings. The summed E-state index contributed by atoms with van der Waals surface area (Å²) in [6, 6.07) is 15.3. The summed E-state index contributed by atoms with van der Waals surface area (Å²) < 4.78 is 23.3. The van der Waals surface area contributed by atoms with Crippen LogP contribution in [-0.4, -0.2) is 0 Å². The van der Waals surface area contributed by atoms with Gasteiger partial charge in [0.25, 0.3) is 0 Å². The first-order valence-corrected chi connectivity index (χ1v) is 9.39. The maximum atomic E-state index is 12.2. The number of benzene rings is 2. The van der Waals surface area contributed by atoms with Crippen LogP contribution < -0.4 is 9.05 Å². The lowest BCUT2D eigenvalue weighted by Crippen LogP contribution is -2.11. The Kier molecular flexibility index (Phi) is 5.45. The van der Waals surface area contributed by atoms with Crippen LogP contribution in [0, 0.1) is 0 Å². The van der Waals surface area contributed by atoms with Crippen molar-refractivity contribution in [1.82, 2.24) is 0 Å². The molecule has 2 rings (SSSR count). The van der Waals surface area contributed by atoms with Crippen LogP contribution in [0.25, 0.3) is 0 Å². The maximum Gasteiger partial charge on any atom is 0.418 e. The molecule has 0 aromatic heterocycles. The lowest BCUT2D eigenvalue weighted by Gasteiger charge is -2.20. The first kappa shape index (κ1) is 18.6. The van der Waals surface area contributed by atoms with Gasteiger partial charge in [-0.1, -0.05) is 65.8 Å². The maximum absolute atomic E-state index is 12.2. The monoisotopic (exact) mass is 346 g/mol. The lowest BCUT2D eigenvalue weighted by atomic mass is 9.87. The topological polar surface area (TPSA) is 35.5 Å². The number of hydrogen-bond donors (Lipinski definition) is 0. The molecule has 0 amide bonds. The van der Waals surface area contributed by atoms with Crippen molar-refractivity contribution in [3.63, 3.8) is 0 Å². The van der Waals surface area contributed by atoms with Gasteiger partial charge in [-0.05, 0) is 46.2 Å². The van der Waals surface area contributed by atoms with Gasteiger partial charge < -0.3 is 9.05 Å². The largest absolute Gasteiger partial charge is 0.418 e. The number of rotatable bonds is 4. The minimum atomic E-state index is -2.67. The van der Waals surface area contributed by atoms with Crippen LogP contribution in [0.4, 0.5) is 0 Å². The summed E-state index contributed by atoms with van der Waals surface area (Å²) in [5, 5.41) is 0. The average molecular weight is 346 g/mol. The normalized spacial score (nSPS) is 12.3. The fourth-order valence-electron chi connectivity index (χ4n) is 2.27. The second-order valence-electron chi connectivity index (χ2n) is 8.01. The molecule has 130 valence electrons. The Bertz CT molecular complexity index is 663. The molecule has 4 heteroatoms. The molecule has 2 aromatic rings. The Hall–Kier alpha value is -1.73. The molecule has 0 heterocycles. The van der Waals surface area contributed by atoms with Gasteiger partial charge in [0.2, 0.25) is 0 Å². The molecular weight excluding hydrogens is 319 g/mol. The third kappa shape index (κ3) is 5.14. The molecule has 3 nitrogen and oxygen atoms in total. The van der Waals surface area contributed by atoms with Crippen molar-refractivity contribution in [2.24, 2.45) is 0 Å². The molecule has 0 bridgehead atoms. The van der Waals surface area contributed by atoms with E-state index in [-0.39, 0.29) is 10.8 Å². The van der Waals surface area contributed by atoms with Gasteiger partial charge in [0.15, 0.2) is 0 Å². The summed E-state index contributed by atoms with van der Waals surface area (Å²) >= 11 is 0. The van der Waals surface area contributed by atoms with Gasteiger partial charge >= 0.3 is 8.25 Å². The molecule has 24 heavy (non-hydrogen) atoms. The van der Waals surface area contributed by atoms with Crippen LogP contribution >= 0.6 is 8.25 Å². The highest BCUT2D eigenvalue weighted by molar-refractivity contribution is 7.34. The molecule has 0 spiro atoms. The zero-order valence-corrected chi connectivity index (χ0v) is 16.3. The van der Waals surface area contributed by atoms with Crippen LogP contribution in [0.5, 0.6) is 11.5 Å². The summed E-state index contributed by atoms with van der Waals surface area (Å²) in [6.45, 7) is 12.8. The molecule has 0 saturated heterocycles. The van der Waals surface area contributed by atoms with Crippen LogP contribution in [0.3, 0.4) is 0 Å². The van der Waals surface area contributed by atoms with Gasteiger partial charge in [0.1, 0.15) is 11.5 Å². The molecule has 0 N–H and O–H groups in total. The van der Waals surface area contributed by atoms with E-state index in [9.17, 15) is 4.57 Å². The fraction of sp³-hybridized carbons (Fsp3) is 0.400. The first-order chi connectivity index (χ1) is 11.1. The summed E-state index contributed by atoms with van der Waals surface area (Å²) in [5.74, 6) is 1.14.